The summed E-state index contributed by atoms with van der Waals surface area (Å²) >= 11 is 0. The second-order valence-electron chi connectivity index (χ2n) is 7.68. The van der Waals surface area contributed by atoms with Gasteiger partial charge in [-0.3, -0.25) is 4.79 Å². The zero-order valence-electron chi connectivity index (χ0n) is 16.4. The number of rotatable bonds is 5. The van der Waals surface area contributed by atoms with E-state index in [1.165, 1.54) is 0 Å². The number of fused-ring (bicyclic) bond motifs is 3. The van der Waals surface area contributed by atoms with Crippen molar-refractivity contribution >= 4 is 16.9 Å². The minimum Gasteiger partial charge on any atom is -0.489 e. The Balaban J connectivity index is 1.58. The van der Waals surface area contributed by atoms with Gasteiger partial charge in [0.2, 0.25) is 0 Å². The van der Waals surface area contributed by atoms with Gasteiger partial charge in [0.1, 0.15) is 12.4 Å². The van der Waals surface area contributed by atoms with Crippen LogP contribution in [0.25, 0.3) is 10.9 Å². The fourth-order valence-corrected chi connectivity index (χ4v) is 4.10. The summed E-state index contributed by atoms with van der Waals surface area (Å²) in [6.45, 7) is 0.102. The normalized spacial score (nSPS) is 16.4. The van der Waals surface area contributed by atoms with Crippen molar-refractivity contribution in [3.8, 4) is 5.75 Å². The lowest BCUT2D eigenvalue weighted by atomic mass is 10.0. The topological polar surface area (TPSA) is 51.5 Å². The lowest BCUT2D eigenvalue weighted by Gasteiger charge is -2.16. The van der Waals surface area contributed by atoms with Crippen LogP contribution >= 0.6 is 0 Å². The molecule has 1 aliphatic rings. The molecule has 0 bridgehead atoms. The third kappa shape index (κ3) is 4.26. The van der Waals surface area contributed by atoms with E-state index in [1.807, 2.05) is 10.6 Å². The molecule has 1 N–H and O–H groups in total. The minimum atomic E-state index is -4.97. The van der Waals surface area contributed by atoms with Gasteiger partial charge in [0.05, 0.1) is 17.5 Å². The van der Waals surface area contributed by atoms with E-state index in [4.69, 9.17) is 9.84 Å². The second-order valence-corrected chi connectivity index (χ2v) is 7.68. The summed E-state index contributed by atoms with van der Waals surface area (Å²) in [5.74, 6) is -0.759. The molecule has 0 spiro atoms. The number of nitrogens with zero attached hydrogens (tertiary/aromatic N) is 1. The minimum absolute atomic E-state index is 0.00776. The van der Waals surface area contributed by atoms with E-state index in [1.54, 1.807) is 18.2 Å². The monoisotopic (exact) mass is 457 g/mol. The molecule has 0 saturated carbocycles. The Morgan fingerprint density at radius 3 is 2.44 bits per heavy atom. The van der Waals surface area contributed by atoms with Crippen LogP contribution < -0.4 is 4.74 Å². The molecule has 4 nitrogen and oxygen atoms in total. The highest BCUT2D eigenvalue weighted by molar-refractivity contribution is 5.83. The summed E-state index contributed by atoms with van der Waals surface area (Å²) in [6, 6.07) is 8.21. The van der Waals surface area contributed by atoms with Crippen LogP contribution in [-0.2, 0) is 30.3 Å². The largest absolute Gasteiger partial charge is 0.489 e. The maximum absolute atomic E-state index is 13.3. The predicted octanol–water partition coefficient (Wildman–Crippen LogP) is 6.22. The van der Waals surface area contributed by atoms with Gasteiger partial charge in [-0.05, 0) is 42.8 Å². The first kappa shape index (κ1) is 22.0. The molecule has 32 heavy (non-hydrogen) atoms. The van der Waals surface area contributed by atoms with Crippen LogP contribution in [0.2, 0.25) is 0 Å². The van der Waals surface area contributed by atoms with Crippen LogP contribution in [0, 0.1) is 0 Å². The van der Waals surface area contributed by atoms with Crippen LogP contribution in [0.4, 0.5) is 26.3 Å². The predicted molar refractivity (Wildman–Crippen MR) is 102 cm³/mol. The number of aliphatic carboxylic acids is 1. The number of alkyl halides is 6. The van der Waals surface area contributed by atoms with E-state index in [-0.39, 0.29) is 24.2 Å². The quantitative estimate of drug-likeness (QED) is 0.463. The summed E-state index contributed by atoms with van der Waals surface area (Å²) in [5.41, 5.74) is -1.46. The number of hydrogen-bond acceptors (Lipinski definition) is 2. The molecule has 2 heterocycles. The molecule has 0 fully saturated rings. The fourth-order valence-electron chi connectivity index (χ4n) is 4.10. The Hall–Kier alpha value is -3.17. The van der Waals surface area contributed by atoms with Crippen molar-refractivity contribution in [3.63, 3.8) is 0 Å². The van der Waals surface area contributed by atoms with E-state index in [9.17, 15) is 31.1 Å². The average Bonchev–Trinajstić information content (AvgIpc) is 3.23. The van der Waals surface area contributed by atoms with Crippen LogP contribution in [-0.4, -0.2) is 15.6 Å². The van der Waals surface area contributed by atoms with Gasteiger partial charge in [-0.25, -0.2) is 0 Å². The van der Waals surface area contributed by atoms with E-state index in [0.29, 0.717) is 19.0 Å². The van der Waals surface area contributed by atoms with Crippen LogP contribution in [0.3, 0.4) is 0 Å². The van der Waals surface area contributed by atoms with Gasteiger partial charge in [-0.2, -0.15) is 26.3 Å². The van der Waals surface area contributed by atoms with Crippen molar-refractivity contribution in [3.05, 3.63) is 64.8 Å². The lowest BCUT2D eigenvalue weighted by molar-refractivity contribution is -0.143. The Morgan fingerprint density at radius 2 is 1.78 bits per heavy atom. The number of ether oxygens (including phenoxy) is 1. The van der Waals surface area contributed by atoms with Crippen molar-refractivity contribution in [2.75, 3.05) is 0 Å². The number of aryl methyl sites for hydroxylation is 1. The van der Waals surface area contributed by atoms with Gasteiger partial charge in [-0.15, -0.1) is 0 Å². The molecule has 0 unspecified atom stereocenters. The number of aromatic nitrogens is 1. The average molecular weight is 457 g/mol. The van der Waals surface area contributed by atoms with Crippen molar-refractivity contribution in [1.82, 2.24) is 4.57 Å². The van der Waals surface area contributed by atoms with Gasteiger partial charge in [0.25, 0.3) is 0 Å². The number of hydrogen-bond donors (Lipinski definition) is 1. The van der Waals surface area contributed by atoms with E-state index in [0.717, 1.165) is 22.7 Å². The Kier molecular flexibility index (Phi) is 5.34. The summed E-state index contributed by atoms with van der Waals surface area (Å²) < 4.78 is 85.8. The zero-order valence-corrected chi connectivity index (χ0v) is 16.4. The molecule has 2 aromatic carbocycles. The molecule has 10 heteroatoms. The molecule has 0 aliphatic carbocycles. The third-order valence-electron chi connectivity index (χ3n) is 5.58. The number of benzene rings is 2. The van der Waals surface area contributed by atoms with Crippen molar-refractivity contribution < 1.29 is 41.0 Å². The summed E-state index contributed by atoms with van der Waals surface area (Å²) in [7, 11) is 0. The molecule has 0 amide bonds. The van der Waals surface area contributed by atoms with Gasteiger partial charge in [-0.1, -0.05) is 6.07 Å². The maximum Gasteiger partial charge on any atom is 0.416 e. The summed E-state index contributed by atoms with van der Waals surface area (Å²) in [5, 5.41) is 9.81. The number of carboxylic acids is 1. The SMILES string of the molecule is O=C(O)C[C@@H]1CCn2c1cc1cc(OCc3ccc(C(F)(F)F)cc3C(F)(F)F)ccc12. The molecule has 170 valence electrons. The molecular formula is C22H17F6NO3. The Labute approximate surface area is 178 Å². The van der Waals surface area contributed by atoms with Crippen LogP contribution in [0.1, 0.15) is 41.1 Å². The lowest BCUT2D eigenvalue weighted by Crippen LogP contribution is -2.14. The Bertz CT molecular complexity index is 1180. The highest BCUT2D eigenvalue weighted by Gasteiger charge is 2.38. The summed E-state index contributed by atoms with van der Waals surface area (Å²) in [4.78, 5) is 11.1. The first-order chi connectivity index (χ1) is 14.9. The van der Waals surface area contributed by atoms with Crippen molar-refractivity contribution in [1.29, 1.82) is 0 Å². The highest BCUT2D eigenvalue weighted by atomic mass is 19.4. The molecular weight excluding hydrogens is 440 g/mol. The van der Waals surface area contributed by atoms with Crippen LogP contribution in [0.15, 0.2) is 42.5 Å². The standard InChI is InChI=1S/C22H17F6NO3/c23-21(24,25)15-2-1-13(17(10-15)22(26,27)28)11-32-16-3-4-18-14(7-16)8-19-12(9-20(30)31)5-6-29(18)19/h1-4,7-8,10,12H,5-6,9,11H2,(H,30,31)/t12-/m0/s1. The van der Waals surface area contributed by atoms with Gasteiger partial charge in [0.15, 0.2) is 0 Å². The molecule has 0 saturated heterocycles. The van der Waals surface area contributed by atoms with Crippen molar-refractivity contribution in [2.45, 2.75) is 44.3 Å². The molecule has 1 aromatic heterocycles. The second kappa shape index (κ2) is 7.75. The van der Waals surface area contributed by atoms with Crippen molar-refractivity contribution in [2.24, 2.45) is 0 Å². The first-order valence-corrected chi connectivity index (χ1v) is 9.68. The fraction of sp³-hybridized carbons (Fsp3) is 0.318. The van der Waals surface area contributed by atoms with Gasteiger partial charge >= 0.3 is 18.3 Å². The third-order valence-corrected chi connectivity index (χ3v) is 5.58. The summed E-state index contributed by atoms with van der Waals surface area (Å²) in [6.07, 6.45) is -9.14. The van der Waals surface area contributed by atoms with Gasteiger partial charge in [0, 0.05) is 34.6 Å². The van der Waals surface area contributed by atoms with Gasteiger partial charge < -0.3 is 14.4 Å². The van der Waals surface area contributed by atoms with E-state index < -0.39 is 41.6 Å². The van der Waals surface area contributed by atoms with E-state index >= 15 is 0 Å². The smallest absolute Gasteiger partial charge is 0.416 e. The first-order valence-electron chi connectivity index (χ1n) is 9.68. The Morgan fingerprint density at radius 1 is 1.03 bits per heavy atom. The number of carboxylic acid groups (broad SMARTS) is 1. The van der Waals surface area contributed by atoms with Crippen LogP contribution in [0.5, 0.6) is 5.75 Å². The molecule has 0 radical (unpaired) electrons. The highest BCUT2D eigenvalue weighted by Crippen LogP contribution is 2.39. The molecule has 1 aliphatic heterocycles. The zero-order chi connectivity index (χ0) is 23.3. The number of halogens is 6. The molecule has 1 atom stereocenters. The van der Waals surface area contributed by atoms with E-state index in [2.05, 4.69) is 0 Å². The molecule has 4 rings (SSSR count). The number of carbonyl (C=O) groups is 1. The molecule has 3 aromatic rings. The maximum atomic E-state index is 13.3.